The van der Waals surface area contributed by atoms with Crippen LogP contribution in [0.15, 0.2) is 24.3 Å². The molecule has 6 heteroatoms. The molecule has 0 saturated heterocycles. The average Bonchev–Trinajstić information content (AvgIpc) is 2.29. The first-order valence-electron chi connectivity index (χ1n) is 6.01. The Morgan fingerprint density at radius 3 is 2.42 bits per heavy atom. The van der Waals surface area contributed by atoms with Crippen molar-refractivity contribution in [3.05, 3.63) is 29.8 Å². The van der Waals surface area contributed by atoms with Gasteiger partial charge in [-0.15, -0.1) is 13.2 Å². The predicted octanol–water partition coefficient (Wildman–Crippen LogP) is 2.69. The molecule has 0 amide bonds. The molecule has 108 valence electrons. The van der Waals surface area contributed by atoms with Crippen LogP contribution >= 0.6 is 0 Å². The van der Waals surface area contributed by atoms with Gasteiger partial charge in [-0.05, 0) is 12.0 Å². The molecular formula is C13H18F3NO2. The summed E-state index contributed by atoms with van der Waals surface area (Å²) in [5.41, 5.74) is 0.402. The monoisotopic (exact) mass is 277 g/mol. The maximum Gasteiger partial charge on any atom is 0.573 e. The van der Waals surface area contributed by atoms with Gasteiger partial charge in [0.05, 0.1) is 6.61 Å². The van der Waals surface area contributed by atoms with Gasteiger partial charge in [-0.2, -0.15) is 0 Å². The second-order valence-corrected chi connectivity index (χ2v) is 4.57. The molecule has 0 radical (unpaired) electrons. The summed E-state index contributed by atoms with van der Waals surface area (Å²) in [5, 5.41) is 12.2. The van der Waals surface area contributed by atoms with Crippen LogP contribution in [0.1, 0.15) is 19.4 Å². The lowest BCUT2D eigenvalue weighted by Crippen LogP contribution is -2.36. The molecule has 3 nitrogen and oxygen atoms in total. The van der Waals surface area contributed by atoms with Crippen LogP contribution in [-0.4, -0.2) is 24.1 Å². The zero-order valence-corrected chi connectivity index (χ0v) is 10.9. The quantitative estimate of drug-likeness (QED) is 0.840. The third-order valence-corrected chi connectivity index (χ3v) is 2.75. The van der Waals surface area contributed by atoms with Gasteiger partial charge in [0.1, 0.15) is 5.75 Å². The van der Waals surface area contributed by atoms with E-state index in [0.29, 0.717) is 5.56 Å². The minimum absolute atomic E-state index is 0.0695. The smallest absolute Gasteiger partial charge is 0.405 e. The number of alkyl halides is 3. The highest BCUT2D eigenvalue weighted by molar-refractivity contribution is 5.33. The van der Waals surface area contributed by atoms with E-state index in [1.165, 1.54) is 12.1 Å². The number of para-hydroxylation sites is 1. The van der Waals surface area contributed by atoms with Crippen LogP contribution in [0, 0.1) is 5.92 Å². The summed E-state index contributed by atoms with van der Waals surface area (Å²) in [5.74, 6) is -0.0383. The topological polar surface area (TPSA) is 41.5 Å². The zero-order valence-electron chi connectivity index (χ0n) is 10.9. The third-order valence-electron chi connectivity index (χ3n) is 2.75. The average molecular weight is 277 g/mol. The van der Waals surface area contributed by atoms with Crippen molar-refractivity contribution in [2.75, 3.05) is 6.61 Å². The number of benzene rings is 1. The van der Waals surface area contributed by atoms with Crippen molar-refractivity contribution in [3.63, 3.8) is 0 Å². The maximum atomic E-state index is 12.2. The molecular weight excluding hydrogens is 259 g/mol. The van der Waals surface area contributed by atoms with Crippen LogP contribution in [0.3, 0.4) is 0 Å². The van der Waals surface area contributed by atoms with E-state index < -0.39 is 6.36 Å². The van der Waals surface area contributed by atoms with Crippen molar-refractivity contribution in [1.29, 1.82) is 0 Å². The Hall–Kier alpha value is -1.27. The number of hydrogen-bond donors (Lipinski definition) is 2. The molecule has 1 unspecified atom stereocenters. The number of nitrogens with one attached hydrogen (secondary N) is 1. The van der Waals surface area contributed by atoms with Gasteiger partial charge >= 0.3 is 6.36 Å². The van der Waals surface area contributed by atoms with Crippen molar-refractivity contribution in [1.82, 2.24) is 5.32 Å². The van der Waals surface area contributed by atoms with Crippen LogP contribution in [0.4, 0.5) is 13.2 Å². The lowest BCUT2D eigenvalue weighted by molar-refractivity contribution is -0.274. The molecule has 0 fully saturated rings. The second-order valence-electron chi connectivity index (χ2n) is 4.57. The molecule has 0 bridgehead atoms. The fraction of sp³-hybridized carbons (Fsp3) is 0.538. The highest BCUT2D eigenvalue weighted by Crippen LogP contribution is 2.26. The van der Waals surface area contributed by atoms with Gasteiger partial charge in [-0.25, -0.2) is 0 Å². The Labute approximate surface area is 110 Å². The van der Waals surface area contributed by atoms with Crippen LogP contribution < -0.4 is 10.1 Å². The lowest BCUT2D eigenvalue weighted by Gasteiger charge is -2.21. The fourth-order valence-electron chi connectivity index (χ4n) is 1.63. The van der Waals surface area contributed by atoms with Gasteiger partial charge in [0, 0.05) is 18.2 Å². The molecule has 2 N–H and O–H groups in total. The summed E-state index contributed by atoms with van der Waals surface area (Å²) < 4.78 is 40.7. The number of ether oxygens (including phenoxy) is 1. The molecule has 1 aromatic rings. The molecule has 0 heterocycles. The first kappa shape index (κ1) is 15.8. The maximum absolute atomic E-state index is 12.2. The number of hydrogen-bond acceptors (Lipinski definition) is 3. The molecule has 0 spiro atoms. The van der Waals surface area contributed by atoms with E-state index >= 15 is 0 Å². The van der Waals surface area contributed by atoms with E-state index in [2.05, 4.69) is 10.1 Å². The summed E-state index contributed by atoms with van der Waals surface area (Å²) in [6.07, 6.45) is -4.70. The van der Waals surface area contributed by atoms with Crippen molar-refractivity contribution in [2.45, 2.75) is 32.8 Å². The van der Waals surface area contributed by atoms with E-state index in [1.54, 1.807) is 12.1 Å². The molecule has 0 aliphatic carbocycles. The Morgan fingerprint density at radius 2 is 1.89 bits per heavy atom. The highest BCUT2D eigenvalue weighted by Gasteiger charge is 2.32. The number of aliphatic hydroxyl groups is 1. The van der Waals surface area contributed by atoms with Crippen LogP contribution in [-0.2, 0) is 6.54 Å². The minimum Gasteiger partial charge on any atom is -0.405 e. The molecule has 1 atom stereocenters. The fourth-order valence-corrected chi connectivity index (χ4v) is 1.63. The normalized spacial score (nSPS) is 13.6. The molecule has 0 aliphatic heterocycles. The summed E-state index contributed by atoms with van der Waals surface area (Å²) in [4.78, 5) is 0. The van der Waals surface area contributed by atoms with Crippen molar-refractivity contribution in [3.8, 4) is 5.75 Å². The van der Waals surface area contributed by atoms with Gasteiger partial charge in [-0.3, -0.25) is 0 Å². The number of rotatable bonds is 6. The van der Waals surface area contributed by atoms with E-state index in [-0.39, 0.29) is 30.9 Å². The van der Waals surface area contributed by atoms with Crippen LogP contribution in [0.25, 0.3) is 0 Å². The van der Waals surface area contributed by atoms with Crippen molar-refractivity contribution >= 4 is 0 Å². The molecule has 0 aliphatic rings. The molecule has 0 aromatic heterocycles. The van der Waals surface area contributed by atoms with Gasteiger partial charge in [0.25, 0.3) is 0 Å². The lowest BCUT2D eigenvalue weighted by atomic mass is 10.0. The first-order chi connectivity index (χ1) is 8.83. The van der Waals surface area contributed by atoms with Crippen molar-refractivity contribution in [2.24, 2.45) is 5.92 Å². The summed E-state index contributed by atoms with van der Waals surface area (Å²) in [7, 11) is 0. The number of aliphatic hydroxyl groups excluding tert-OH is 1. The van der Waals surface area contributed by atoms with E-state index in [4.69, 9.17) is 5.11 Å². The van der Waals surface area contributed by atoms with Crippen LogP contribution in [0.2, 0.25) is 0 Å². The van der Waals surface area contributed by atoms with E-state index in [0.717, 1.165) is 0 Å². The van der Waals surface area contributed by atoms with Gasteiger partial charge in [0.2, 0.25) is 0 Å². The largest absolute Gasteiger partial charge is 0.573 e. The number of halogens is 3. The third kappa shape index (κ3) is 5.48. The van der Waals surface area contributed by atoms with E-state index in [9.17, 15) is 13.2 Å². The minimum atomic E-state index is -4.70. The Bertz CT molecular complexity index is 394. The molecule has 1 rings (SSSR count). The summed E-state index contributed by atoms with van der Waals surface area (Å²) >= 11 is 0. The second kappa shape index (κ2) is 6.77. The van der Waals surface area contributed by atoms with Gasteiger partial charge in [0.15, 0.2) is 0 Å². The highest BCUT2D eigenvalue weighted by atomic mass is 19.4. The molecule has 0 saturated carbocycles. The molecule has 1 aromatic carbocycles. The van der Waals surface area contributed by atoms with Crippen molar-refractivity contribution < 1.29 is 23.0 Å². The van der Waals surface area contributed by atoms with E-state index in [1.807, 2.05) is 13.8 Å². The Kier molecular flexibility index (Phi) is 5.62. The van der Waals surface area contributed by atoms with Gasteiger partial charge < -0.3 is 15.2 Å². The summed E-state index contributed by atoms with van der Waals surface area (Å²) in [6.45, 7) is 3.98. The first-order valence-corrected chi connectivity index (χ1v) is 6.01. The predicted molar refractivity (Wildman–Crippen MR) is 65.7 cm³/mol. The SMILES string of the molecule is CC(C)C(CO)NCc1ccccc1OC(F)(F)F. The van der Waals surface area contributed by atoms with Gasteiger partial charge in [-0.1, -0.05) is 32.0 Å². The standard InChI is InChI=1S/C13H18F3NO2/c1-9(2)11(8-18)17-7-10-5-3-4-6-12(10)19-13(14,15)16/h3-6,9,11,17-18H,7-8H2,1-2H3. The molecule has 19 heavy (non-hydrogen) atoms. The zero-order chi connectivity index (χ0) is 14.5. The summed E-state index contributed by atoms with van der Waals surface area (Å²) in [6, 6.07) is 5.79. The Balaban J connectivity index is 2.73. The Morgan fingerprint density at radius 1 is 1.26 bits per heavy atom. The van der Waals surface area contributed by atoms with Crippen LogP contribution in [0.5, 0.6) is 5.75 Å².